The Balaban J connectivity index is 1.27. The number of halogens is 10. The Labute approximate surface area is 493 Å². The highest BCUT2D eigenvalue weighted by atomic mass is 19.4. The zero-order valence-corrected chi connectivity index (χ0v) is 48.5. The van der Waals surface area contributed by atoms with Crippen molar-refractivity contribution in [3.8, 4) is 23.1 Å². The van der Waals surface area contributed by atoms with Gasteiger partial charge in [-0.15, -0.1) is 0 Å². The van der Waals surface area contributed by atoms with Crippen LogP contribution in [0.25, 0.3) is 11.3 Å². The fourth-order valence-corrected chi connectivity index (χ4v) is 10.1. The van der Waals surface area contributed by atoms with E-state index < -0.39 is 127 Å². The van der Waals surface area contributed by atoms with Crippen molar-refractivity contribution < 1.29 is 86.8 Å². The van der Waals surface area contributed by atoms with Gasteiger partial charge in [0.05, 0.1) is 74.7 Å². The van der Waals surface area contributed by atoms with E-state index in [0.717, 1.165) is 65.6 Å². The molecule has 6 atom stereocenters. The maximum atomic E-state index is 16.4. The molecule has 6 unspecified atom stereocenters. The van der Waals surface area contributed by atoms with Gasteiger partial charge in [0.15, 0.2) is 0 Å². The predicted molar refractivity (Wildman–Crippen MR) is 290 cm³/mol. The van der Waals surface area contributed by atoms with Gasteiger partial charge in [-0.3, -0.25) is 29.6 Å². The molecule has 0 aliphatic carbocycles. The molecule has 31 heteroatoms. The molecule has 2 aromatic carbocycles. The molecule has 2 bridgehead atoms. The van der Waals surface area contributed by atoms with Crippen LogP contribution in [0.2, 0.25) is 0 Å². The molecule has 4 amide bonds. The molecule has 5 heterocycles. The first-order valence-electron chi connectivity index (χ1n) is 27.2. The summed E-state index contributed by atoms with van der Waals surface area (Å²) in [5.74, 6) is -0.768. The second-order valence-corrected chi connectivity index (χ2v) is 22.5. The minimum Gasteiger partial charge on any atom is -0.458 e. The number of carbonyl (C=O) groups is 5. The van der Waals surface area contributed by atoms with Gasteiger partial charge in [0.25, 0.3) is 5.91 Å². The first kappa shape index (κ1) is 66.7. The van der Waals surface area contributed by atoms with Gasteiger partial charge in [0, 0.05) is 67.0 Å². The number of amides is 4. The second kappa shape index (κ2) is 27.5. The van der Waals surface area contributed by atoms with Crippen LogP contribution in [0.5, 0.6) is 0 Å². The van der Waals surface area contributed by atoms with E-state index in [1.54, 1.807) is 17.7 Å². The number of alkyl halides is 8. The summed E-state index contributed by atoms with van der Waals surface area (Å²) in [5.41, 5.74) is -4.72. The smallest absolute Gasteiger partial charge is 0.407 e. The lowest BCUT2D eigenvalue weighted by Crippen LogP contribution is -2.64. The van der Waals surface area contributed by atoms with E-state index in [0.29, 0.717) is 80.0 Å². The number of likely N-dealkylation sites (N-methyl/N-ethyl adjacent to an activating group) is 1. The largest absolute Gasteiger partial charge is 0.458 e. The predicted octanol–water partition coefficient (Wildman–Crippen LogP) is 6.13. The van der Waals surface area contributed by atoms with Gasteiger partial charge in [0.2, 0.25) is 11.9 Å². The summed E-state index contributed by atoms with van der Waals surface area (Å²) in [5, 5.41) is 10.2. The van der Waals surface area contributed by atoms with Crippen LogP contribution in [-0.4, -0.2) is 187 Å². The molecule has 0 spiro atoms. The monoisotopic (exact) mass is 1240 g/mol. The molecule has 3 saturated heterocycles. The molecule has 87 heavy (non-hydrogen) atoms. The van der Waals surface area contributed by atoms with Crippen LogP contribution < -0.4 is 26.3 Å². The van der Waals surface area contributed by atoms with Gasteiger partial charge in [-0.2, -0.15) is 40.2 Å². The number of benzene rings is 2. The zero-order chi connectivity index (χ0) is 63.9. The number of hydrogen-bond donors (Lipinski definition) is 4. The molecule has 0 saturated carbocycles. The molecule has 0 radical (unpaired) electrons. The van der Waals surface area contributed by atoms with Crippen LogP contribution in [0, 0.1) is 34.3 Å². The Hall–Kier alpha value is -7.82. The SMILES string of the molecule is COC(=O)NC(C(=O)NC(Cc1ccc(C#Cc2cnc(N3CC4CCC(C3)N4C3COC3)nc2)cc1)C(CN(Cc1c(F)cc(-c2ccn(C(F)F)n2)cc1F)NC(=O)C(NC(=O)OC)C(C)(C)C(F)(F)F)OC(=O)CN(C)C)C(C)(C)C(F)(F)F. The van der Waals surface area contributed by atoms with E-state index in [2.05, 4.69) is 56.9 Å². The molecular weight excluding hydrogens is 1170 g/mol. The third-order valence-electron chi connectivity index (χ3n) is 15.4. The van der Waals surface area contributed by atoms with Crippen molar-refractivity contribution in [2.24, 2.45) is 10.8 Å². The molecule has 3 aliphatic heterocycles. The number of carbonyl (C=O) groups excluding carboxylic acids is 5. The van der Waals surface area contributed by atoms with Gasteiger partial charge in [-0.05, 0) is 96.9 Å². The normalized spacial score (nSPS) is 18.0. The highest BCUT2D eigenvalue weighted by Gasteiger charge is 2.57. The number of nitrogens with one attached hydrogen (secondary N) is 4. The first-order valence-corrected chi connectivity index (χ1v) is 27.2. The van der Waals surface area contributed by atoms with Crippen molar-refractivity contribution in [1.29, 1.82) is 0 Å². The molecule has 2 aromatic heterocycles. The van der Waals surface area contributed by atoms with Crippen LogP contribution in [0.15, 0.2) is 61.1 Å². The molecule has 3 fully saturated rings. The number of methoxy groups -OCH3 is 2. The number of piperazine rings is 1. The fourth-order valence-electron chi connectivity index (χ4n) is 10.1. The van der Waals surface area contributed by atoms with Crippen LogP contribution in [-0.2, 0) is 46.3 Å². The number of alkyl carbamates (subject to hydrolysis) is 2. The average Bonchev–Trinajstić information content (AvgIpc) is 1.87. The van der Waals surface area contributed by atoms with Crippen molar-refractivity contribution in [2.75, 3.05) is 72.6 Å². The van der Waals surface area contributed by atoms with Crippen molar-refractivity contribution >= 4 is 35.9 Å². The number of anilines is 1. The number of rotatable bonds is 22. The van der Waals surface area contributed by atoms with Gasteiger partial charge in [-0.1, -0.05) is 24.0 Å². The molecule has 7 rings (SSSR count). The number of hydrogen-bond acceptors (Lipinski definition) is 16. The topological polar surface area (TPSA) is 227 Å². The molecular formula is C56H66F10N12O9. The van der Waals surface area contributed by atoms with E-state index >= 15 is 8.78 Å². The number of fused-ring (bicyclic) bond motifs is 2. The summed E-state index contributed by atoms with van der Waals surface area (Å²) >= 11 is 0. The zero-order valence-electron chi connectivity index (χ0n) is 48.5. The Kier molecular flexibility index (Phi) is 21.1. The maximum Gasteiger partial charge on any atom is 0.407 e. The van der Waals surface area contributed by atoms with Gasteiger partial charge < -0.3 is 39.8 Å². The third kappa shape index (κ3) is 16.2. The Morgan fingerprint density at radius 1 is 0.759 bits per heavy atom. The number of esters is 1. The molecule has 4 N–H and O–H groups in total. The molecule has 21 nitrogen and oxygen atoms in total. The Bertz CT molecular complexity index is 3120. The van der Waals surface area contributed by atoms with Gasteiger partial charge in [-0.25, -0.2) is 38.0 Å². The van der Waals surface area contributed by atoms with E-state index in [-0.39, 0.29) is 21.5 Å². The number of ether oxygens (including phenoxy) is 4. The first-order chi connectivity index (χ1) is 40.8. The highest BCUT2D eigenvalue weighted by Crippen LogP contribution is 2.42. The summed E-state index contributed by atoms with van der Waals surface area (Å²) in [6, 6.07) is 2.55. The van der Waals surface area contributed by atoms with Crippen LogP contribution >= 0.6 is 0 Å². The molecule has 4 aromatic rings. The van der Waals surface area contributed by atoms with E-state index in [1.165, 1.54) is 43.3 Å². The number of hydrazine groups is 1. The lowest BCUT2D eigenvalue weighted by atomic mass is 9.82. The Morgan fingerprint density at radius 2 is 1.30 bits per heavy atom. The van der Waals surface area contributed by atoms with E-state index in [1.807, 2.05) is 5.32 Å². The van der Waals surface area contributed by atoms with Crippen molar-refractivity contribution in [3.05, 3.63) is 94.9 Å². The summed E-state index contributed by atoms with van der Waals surface area (Å²) in [6.45, 7) is -0.786. The van der Waals surface area contributed by atoms with Gasteiger partial charge >= 0.3 is 37.1 Å². The molecule has 3 aliphatic rings. The van der Waals surface area contributed by atoms with Crippen LogP contribution in [0.3, 0.4) is 0 Å². The van der Waals surface area contributed by atoms with Crippen molar-refractivity contribution in [3.63, 3.8) is 0 Å². The standard InChI is InChI=1S/C56H66F10N12O9/c1-53(2,55(61,62)63)45(70-51(82)84-7)47(80)69-42(19-32-12-9-31(10-13-32)11-14-33-22-67-50(68-23-33)75-24-35-15-16-36(25-75)78(35)37-29-86-30-37)43(87-44(79)28-74(5)6)27-76(73-48(81)46(71-52(83)85-8)54(3,4)56(64,65)66)26-38-39(57)20-34(21-40(38)58)41-17-18-77(72-41)49(59)60/h9-10,12-13,17-18,20-23,35-37,42-43,45-46,49H,15-16,19,24-30H2,1-8H3,(H,69,80)(H,70,82)(H,71,83)(H,73,81). The fraction of sp³-hybridized carbons (Fsp3) is 0.536. The molecule has 474 valence electrons. The summed E-state index contributed by atoms with van der Waals surface area (Å²) in [7, 11) is 4.45. The summed E-state index contributed by atoms with van der Waals surface area (Å²) < 4.78 is 169. The number of aromatic nitrogens is 4. The lowest BCUT2D eigenvalue weighted by Gasteiger charge is -2.47. The van der Waals surface area contributed by atoms with E-state index in [4.69, 9.17) is 9.47 Å². The average molecular weight is 1240 g/mol. The lowest BCUT2D eigenvalue weighted by molar-refractivity contribution is -0.221. The summed E-state index contributed by atoms with van der Waals surface area (Å²) in [4.78, 5) is 83.0. The number of nitrogens with zero attached hydrogens (tertiary/aromatic N) is 8. The Morgan fingerprint density at radius 3 is 1.78 bits per heavy atom. The minimum atomic E-state index is -5.27. The third-order valence-corrected chi connectivity index (χ3v) is 15.4. The van der Waals surface area contributed by atoms with Crippen LogP contribution in [0.4, 0.5) is 59.4 Å². The second-order valence-electron chi connectivity index (χ2n) is 22.5. The highest BCUT2D eigenvalue weighted by molar-refractivity contribution is 5.87. The minimum absolute atomic E-state index is 0.193. The van der Waals surface area contributed by atoms with E-state index in [9.17, 15) is 59.1 Å². The van der Waals surface area contributed by atoms with Crippen molar-refractivity contribution in [2.45, 2.75) is 115 Å². The quantitative estimate of drug-likeness (QED) is 0.0228. The maximum absolute atomic E-state index is 16.4. The van der Waals surface area contributed by atoms with Crippen molar-refractivity contribution in [1.82, 2.24) is 55.9 Å². The summed E-state index contributed by atoms with van der Waals surface area (Å²) in [6.07, 6.45) is -9.92. The van der Waals surface area contributed by atoms with Gasteiger partial charge in [0.1, 0.15) is 29.8 Å². The van der Waals surface area contributed by atoms with Crippen LogP contribution in [0.1, 0.15) is 69.3 Å².